The zero-order valence-electron chi connectivity index (χ0n) is 11.2. The third-order valence-corrected chi connectivity index (χ3v) is 4.09. The fraction of sp³-hybridized carbons (Fsp3) is 0.214. The van der Waals surface area contributed by atoms with Crippen molar-refractivity contribution in [2.75, 3.05) is 7.11 Å². The van der Waals surface area contributed by atoms with Crippen LogP contribution < -0.4 is 5.32 Å². The van der Waals surface area contributed by atoms with E-state index in [2.05, 4.69) is 15.0 Å². The van der Waals surface area contributed by atoms with Crippen LogP contribution in [0.15, 0.2) is 36.0 Å². The Labute approximate surface area is 130 Å². The molecule has 1 unspecified atom stereocenters. The van der Waals surface area contributed by atoms with E-state index in [0.717, 1.165) is 4.88 Å². The molecule has 1 N–H and O–H groups in total. The van der Waals surface area contributed by atoms with Crippen molar-refractivity contribution in [1.82, 2.24) is 10.3 Å². The highest BCUT2D eigenvalue weighted by Gasteiger charge is 2.21. The van der Waals surface area contributed by atoms with Gasteiger partial charge in [-0.25, -0.2) is 0 Å². The summed E-state index contributed by atoms with van der Waals surface area (Å²) in [7, 11) is 1.31. The van der Waals surface area contributed by atoms with E-state index < -0.39 is 12.0 Å². The van der Waals surface area contributed by atoms with Crippen molar-refractivity contribution in [2.24, 2.45) is 0 Å². The molecule has 2 rings (SSSR count). The smallest absolute Gasteiger partial charge is 0.307 e. The predicted octanol–water partition coefficient (Wildman–Crippen LogP) is 2.83. The average molecular weight is 325 g/mol. The molecule has 0 aromatic carbocycles. The highest BCUT2D eigenvalue weighted by molar-refractivity contribution is 7.10. The number of rotatable bonds is 5. The second-order valence-electron chi connectivity index (χ2n) is 4.18. The van der Waals surface area contributed by atoms with Crippen molar-refractivity contribution in [3.63, 3.8) is 0 Å². The second kappa shape index (κ2) is 7.19. The molecular weight excluding hydrogens is 312 g/mol. The van der Waals surface area contributed by atoms with Crippen molar-refractivity contribution >= 4 is 34.8 Å². The molecule has 0 fully saturated rings. The van der Waals surface area contributed by atoms with E-state index in [-0.39, 0.29) is 17.4 Å². The van der Waals surface area contributed by atoms with Gasteiger partial charge in [-0.1, -0.05) is 17.7 Å². The standard InChI is InChI=1S/C14H13ClN2O3S/c1-20-13(18)7-11(12-3-2-6-21-12)17-14(19)9-4-5-16-8-10(9)15/h2-6,8,11H,7H2,1H3,(H,17,19). The van der Waals surface area contributed by atoms with Crippen LogP contribution in [0.1, 0.15) is 27.7 Å². The second-order valence-corrected chi connectivity index (χ2v) is 5.56. The molecule has 21 heavy (non-hydrogen) atoms. The lowest BCUT2D eigenvalue weighted by molar-refractivity contribution is -0.141. The van der Waals surface area contributed by atoms with E-state index in [4.69, 9.17) is 11.6 Å². The van der Waals surface area contributed by atoms with Gasteiger partial charge in [0.2, 0.25) is 0 Å². The van der Waals surface area contributed by atoms with Gasteiger partial charge in [0, 0.05) is 17.3 Å². The molecule has 1 amide bonds. The number of hydrogen-bond donors (Lipinski definition) is 1. The Morgan fingerprint density at radius 2 is 2.29 bits per heavy atom. The first kappa shape index (κ1) is 15.5. The Bertz CT molecular complexity index is 631. The summed E-state index contributed by atoms with van der Waals surface area (Å²) in [5.41, 5.74) is 0.318. The Hall–Kier alpha value is -1.92. The molecule has 110 valence electrons. The molecule has 0 aliphatic rings. The van der Waals surface area contributed by atoms with Crippen LogP contribution in [-0.4, -0.2) is 24.0 Å². The molecule has 0 spiro atoms. The lowest BCUT2D eigenvalue weighted by Crippen LogP contribution is -2.30. The summed E-state index contributed by atoms with van der Waals surface area (Å²) < 4.78 is 4.67. The van der Waals surface area contributed by atoms with Crippen LogP contribution in [0.5, 0.6) is 0 Å². The molecular formula is C14H13ClN2O3S. The van der Waals surface area contributed by atoms with Crippen LogP contribution in [-0.2, 0) is 9.53 Å². The summed E-state index contributed by atoms with van der Waals surface area (Å²) >= 11 is 7.41. The largest absolute Gasteiger partial charge is 0.469 e. The Morgan fingerprint density at radius 1 is 1.48 bits per heavy atom. The van der Waals surface area contributed by atoms with E-state index in [1.165, 1.54) is 36.9 Å². The topological polar surface area (TPSA) is 68.3 Å². The number of hydrogen-bond acceptors (Lipinski definition) is 5. The molecule has 0 saturated heterocycles. The number of pyridine rings is 1. The number of amides is 1. The van der Waals surface area contributed by atoms with E-state index in [1.807, 2.05) is 17.5 Å². The number of halogens is 1. The van der Waals surface area contributed by atoms with Gasteiger partial charge < -0.3 is 10.1 Å². The molecule has 0 aliphatic carbocycles. The maximum atomic E-state index is 12.3. The summed E-state index contributed by atoms with van der Waals surface area (Å²) in [6, 6.07) is 4.79. The first-order valence-corrected chi connectivity index (χ1v) is 7.38. The molecule has 0 bridgehead atoms. The van der Waals surface area contributed by atoms with E-state index in [9.17, 15) is 9.59 Å². The Balaban J connectivity index is 2.17. The molecule has 0 saturated carbocycles. The summed E-state index contributed by atoms with van der Waals surface area (Å²) in [6.07, 6.45) is 2.95. The quantitative estimate of drug-likeness (QED) is 0.859. The minimum atomic E-state index is -0.450. The number of thiophene rings is 1. The SMILES string of the molecule is COC(=O)CC(NC(=O)c1ccncc1Cl)c1cccs1. The Kier molecular flexibility index (Phi) is 5.30. The minimum Gasteiger partial charge on any atom is -0.469 e. The Morgan fingerprint density at radius 3 is 2.90 bits per heavy atom. The van der Waals surface area contributed by atoms with Gasteiger partial charge in [-0.15, -0.1) is 11.3 Å². The number of carbonyl (C=O) groups excluding carboxylic acids is 2. The van der Waals surface area contributed by atoms with Crippen LogP contribution in [0.2, 0.25) is 5.02 Å². The first-order chi connectivity index (χ1) is 10.1. The van der Waals surface area contributed by atoms with E-state index >= 15 is 0 Å². The van der Waals surface area contributed by atoms with E-state index in [1.54, 1.807) is 0 Å². The number of ether oxygens (including phenoxy) is 1. The number of esters is 1. The average Bonchev–Trinajstić information content (AvgIpc) is 3.01. The molecule has 2 aromatic heterocycles. The van der Waals surface area contributed by atoms with Crippen molar-refractivity contribution in [3.8, 4) is 0 Å². The van der Waals surface area contributed by atoms with Gasteiger partial charge >= 0.3 is 5.97 Å². The van der Waals surface area contributed by atoms with E-state index in [0.29, 0.717) is 5.56 Å². The monoisotopic (exact) mass is 324 g/mol. The maximum Gasteiger partial charge on any atom is 0.307 e. The van der Waals surface area contributed by atoms with Gasteiger partial charge in [0.05, 0.1) is 30.2 Å². The number of nitrogens with one attached hydrogen (secondary N) is 1. The van der Waals surface area contributed by atoms with Crippen molar-refractivity contribution in [1.29, 1.82) is 0 Å². The molecule has 0 aliphatic heterocycles. The zero-order valence-corrected chi connectivity index (χ0v) is 12.8. The first-order valence-electron chi connectivity index (χ1n) is 6.12. The molecule has 0 radical (unpaired) electrons. The van der Waals surface area contributed by atoms with Crippen LogP contribution in [0.4, 0.5) is 0 Å². The lowest BCUT2D eigenvalue weighted by atomic mass is 10.1. The number of carbonyl (C=O) groups is 2. The third-order valence-electron chi connectivity index (χ3n) is 2.81. The molecule has 7 heteroatoms. The highest BCUT2D eigenvalue weighted by Crippen LogP contribution is 2.24. The summed E-state index contributed by atoms with van der Waals surface area (Å²) in [4.78, 5) is 28.5. The summed E-state index contributed by atoms with van der Waals surface area (Å²) in [5.74, 6) is -0.751. The van der Waals surface area contributed by atoms with Gasteiger partial charge in [-0.2, -0.15) is 0 Å². The van der Waals surface area contributed by atoms with Crippen LogP contribution in [0, 0.1) is 0 Å². The molecule has 1 atom stereocenters. The van der Waals surface area contributed by atoms with Crippen molar-refractivity contribution in [3.05, 3.63) is 51.4 Å². The zero-order chi connectivity index (χ0) is 15.2. The fourth-order valence-electron chi connectivity index (χ4n) is 1.76. The molecule has 2 heterocycles. The van der Waals surface area contributed by atoms with Gasteiger partial charge in [-0.3, -0.25) is 14.6 Å². The van der Waals surface area contributed by atoms with Crippen molar-refractivity contribution < 1.29 is 14.3 Å². The van der Waals surface area contributed by atoms with Gasteiger partial charge in [0.1, 0.15) is 0 Å². The number of methoxy groups -OCH3 is 1. The van der Waals surface area contributed by atoms with Crippen LogP contribution >= 0.6 is 22.9 Å². The van der Waals surface area contributed by atoms with Crippen LogP contribution in [0.3, 0.4) is 0 Å². The van der Waals surface area contributed by atoms with Gasteiger partial charge in [0.25, 0.3) is 5.91 Å². The highest BCUT2D eigenvalue weighted by atomic mass is 35.5. The van der Waals surface area contributed by atoms with Crippen LogP contribution in [0.25, 0.3) is 0 Å². The molecule has 2 aromatic rings. The van der Waals surface area contributed by atoms with Gasteiger partial charge in [0.15, 0.2) is 0 Å². The van der Waals surface area contributed by atoms with Crippen molar-refractivity contribution in [2.45, 2.75) is 12.5 Å². The van der Waals surface area contributed by atoms with Gasteiger partial charge in [-0.05, 0) is 17.5 Å². The fourth-order valence-corrected chi connectivity index (χ4v) is 2.74. The lowest BCUT2D eigenvalue weighted by Gasteiger charge is -2.16. The summed E-state index contributed by atoms with van der Waals surface area (Å²) in [6.45, 7) is 0. The number of aromatic nitrogens is 1. The summed E-state index contributed by atoms with van der Waals surface area (Å²) in [5, 5.41) is 4.94. The third kappa shape index (κ3) is 4.03. The number of nitrogens with zero attached hydrogens (tertiary/aromatic N) is 1. The molecule has 5 nitrogen and oxygen atoms in total. The minimum absolute atomic E-state index is 0.0610. The maximum absolute atomic E-state index is 12.3. The normalized spacial score (nSPS) is 11.7. The predicted molar refractivity (Wildman–Crippen MR) is 80.4 cm³/mol.